The van der Waals surface area contributed by atoms with E-state index in [1.165, 1.54) is 5.56 Å². The van der Waals surface area contributed by atoms with Crippen molar-refractivity contribution in [3.63, 3.8) is 0 Å². The Labute approximate surface area is 91.5 Å². The first-order valence-electron chi connectivity index (χ1n) is 5.89. The summed E-state index contributed by atoms with van der Waals surface area (Å²) in [5, 5.41) is 0. The Balaban J connectivity index is 2.56. The van der Waals surface area contributed by atoms with E-state index in [4.69, 9.17) is 0 Å². The van der Waals surface area contributed by atoms with E-state index in [1.807, 2.05) is 6.07 Å². The molecule has 1 aliphatic rings. The first-order valence-corrected chi connectivity index (χ1v) is 5.89. The van der Waals surface area contributed by atoms with Gasteiger partial charge in [-0.15, -0.1) is 0 Å². The second-order valence-electron chi connectivity index (χ2n) is 4.93. The fourth-order valence-electron chi connectivity index (χ4n) is 3.14. The molecule has 0 spiro atoms. The van der Waals surface area contributed by atoms with Gasteiger partial charge in [0.1, 0.15) is 5.82 Å². The van der Waals surface area contributed by atoms with Crippen LogP contribution in [0.3, 0.4) is 0 Å². The van der Waals surface area contributed by atoms with Crippen LogP contribution in [0.4, 0.5) is 4.39 Å². The van der Waals surface area contributed by atoms with Crippen LogP contribution in [-0.2, 0) is 11.8 Å². The molecule has 0 amide bonds. The molecular formula is C14H19F. The normalized spacial score (nSPS) is 24.6. The largest absolute Gasteiger partial charge is 0.207 e. The Hall–Kier alpha value is -0.850. The van der Waals surface area contributed by atoms with Crippen molar-refractivity contribution < 1.29 is 4.39 Å². The third kappa shape index (κ3) is 1.40. The van der Waals surface area contributed by atoms with E-state index in [2.05, 4.69) is 26.8 Å². The summed E-state index contributed by atoms with van der Waals surface area (Å²) in [6.45, 7) is 6.73. The van der Waals surface area contributed by atoms with Crippen LogP contribution in [0.2, 0.25) is 0 Å². The van der Waals surface area contributed by atoms with E-state index < -0.39 is 0 Å². The van der Waals surface area contributed by atoms with Crippen molar-refractivity contribution in [3.05, 3.63) is 35.1 Å². The molecule has 0 fully saturated rings. The molecule has 0 aromatic heterocycles. The molecule has 82 valence electrons. The summed E-state index contributed by atoms with van der Waals surface area (Å²) in [4.78, 5) is 0. The highest BCUT2D eigenvalue weighted by Crippen LogP contribution is 2.47. The average Bonchev–Trinajstić information content (AvgIpc) is 2.59. The Bertz CT molecular complexity index is 368. The molecule has 2 rings (SSSR count). The number of hydrogen-bond donors (Lipinski definition) is 0. The zero-order valence-corrected chi connectivity index (χ0v) is 9.81. The maximum atomic E-state index is 13.6. The molecule has 0 nitrogen and oxygen atoms in total. The summed E-state index contributed by atoms with van der Waals surface area (Å²) in [5.74, 6) is 0.578. The summed E-state index contributed by atoms with van der Waals surface area (Å²) >= 11 is 0. The molecule has 0 bridgehead atoms. The van der Waals surface area contributed by atoms with Gasteiger partial charge in [-0.1, -0.05) is 32.9 Å². The zero-order valence-electron chi connectivity index (χ0n) is 9.81. The van der Waals surface area contributed by atoms with Crippen LogP contribution in [0, 0.1) is 11.7 Å². The molecule has 0 aliphatic heterocycles. The third-order valence-corrected chi connectivity index (χ3v) is 4.21. The van der Waals surface area contributed by atoms with Crippen LogP contribution in [0.1, 0.15) is 44.7 Å². The zero-order chi connectivity index (χ0) is 11.1. The maximum absolute atomic E-state index is 13.6. The minimum Gasteiger partial charge on any atom is -0.207 e. The van der Waals surface area contributed by atoms with E-state index in [-0.39, 0.29) is 11.2 Å². The fraction of sp³-hybridized carbons (Fsp3) is 0.571. The smallest absolute Gasteiger partial charge is 0.126 e. The van der Waals surface area contributed by atoms with Gasteiger partial charge in [-0.25, -0.2) is 4.39 Å². The summed E-state index contributed by atoms with van der Waals surface area (Å²) in [6.07, 6.45) is 3.13. The first-order chi connectivity index (χ1) is 7.12. The van der Waals surface area contributed by atoms with Crippen molar-refractivity contribution in [3.8, 4) is 0 Å². The highest BCUT2D eigenvalue weighted by molar-refractivity contribution is 5.40. The Morgan fingerprint density at radius 2 is 2.13 bits per heavy atom. The molecule has 1 heteroatoms. The minimum absolute atomic E-state index is 0.0107. The maximum Gasteiger partial charge on any atom is 0.126 e. The van der Waals surface area contributed by atoms with Gasteiger partial charge < -0.3 is 0 Å². The molecule has 0 saturated carbocycles. The van der Waals surface area contributed by atoms with Gasteiger partial charge in [-0.3, -0.25) is 0 Å². The molecule has 1 aromatic rings. The highest BCUT2D eigenvalue weighted by Gasteiger charge is 2.40. The van der Waals surface area contributed by atoms with Crippen molar-refractivity contribution in [1.82, 2.24) is 0 Å². The first kappa shape index (κ1) is 10.7. The highest BCUT2D eigenvalue weighted by atomic mass is 19.1. The quantitative estimate of drug-likeness (QED) is 0.684. The van der Waals surface area contributed by atoms with Gasteiger partial charge in [-0.2, -0.15) is 0 Å². The molecule has 1 atom stereocenters. The molecule has 1 aliphatic carbocycles. The van der Waals surface area contributed by atoms with Crippen LogP contribution in [0.15, 0.2) is 18.2 Å². The lowest BCUT2D eigenvalue weighted by molar-refractivity contribution is 0.294. The van der Waals surface area contributed by atoms with Gasteiger partial charge in [0.15, 0.2) is 0 Å². The number of fused-ring (bicyclic) bond motifs is 1. The van der Waals surface area contributed by atoms with E-state index in [0.717, 1.165) is 24.8 Å². The predicted molar refractivity (Wildman–Crippen MR) is 61.5 cm³/mol. The second kappa shape index (κ2) is 3.62. The van der Waals surface area contributed by atoms with Crippen LogP contribution in [0.25, 0.3) is 0 Å². The molecule has 0 radical (unpaired) electrons. The lowest BCUT2D eigenvalue weighted by Gasteiger charge is -2.33. The van der Waals surface area contributed by atoms with Crippen LogP contribution < -0.4 is 0 Å². The van der Waals surface area contributed by atoms with E-state index in [1.54, 1.807) is 6.07 Å². The number of halogens is 1. The summed E-state index contributed by atoms with van der Waals surface area (Å²) in [6, 6.07) is 5.56. The van der Waals surface area contributed by atoms with Crippen LogP contribution in [0.5, 0.6) is 0 Å². The molecule has 0 N–H and O–H groups in total. The van der Waals surface area contributed by atoms with Gasteiger partial charge in [0.05, 0.1) is 0 Å². The summed E-state index contributed by atoms with van der Waals surface area (Å²) in [7, 11) is 0. The van der Waals surface area contributed by atoms with Crippen LogP contribution >= 0.6 is 0 Å². The molecule has 1 unspecified atom stereocenters. The SMILES string of the molecule is CCC1(C(C)C)CCc2c(F)cccc21. The van der Waals surface area contributed by atoms with Crippen molar-refractivity contribution in [2.45, 2.75) is 45.4 Å². The van der Waals surface area contributed by atoms with Gasteiger partial charge in [0.25, 0.3) is 0 Å². The van der Waals surface area contributed by atoms with Crippen molar-refractivity contribution in [1.29, 1.82) is 0 Å². The molecule has 15 heavy (non-hydrogen) atoms. The monoisotopic (exact) mass is 206 g/mol. The van der Waals surface area contributed by atoms with Gasteiger partial charge in [0.2, 0.25) is 0 Å². The standard InChI is InChI=1S/C14H19F/c1-4-14(10(2)3)9-8-11-12(14)6-5-7-13(11)15/h5-7,10H,4,8-9H2,1-3H3. The van der Waals surface area contributed by atoms with E-state index >= 15 is 0 Å². The fourth-order valence-corrected chi connectivity index (χ4v) is 3.14. The molecule has 1 aromatic carbocycles. The lowest BCUT2D eigenvalue weighted by Crippen LogP contribution is -2.28. The van der Waals surface area contributed by atoms with Crippen molar-refractivity contribution in [2.24, 2.45) is 5.92 Å². The predicted octanol–water partition coefficient (Wildman–Crippen LogP) is 4.08. The molecular weight excluding hydrogens is 187 g/mol. The average molecular weight is 206 g/mol. The Morgan fingerprint density at radius 3 is 2.73 bits per heavy atom. The van der Waals surface area contributed by atoms with Crippen molar-refractivity contribution >= 4 is 0 Å². The lowest BCUT2D eigenvalue weighted by atomic mass is 9.71. The minimum atomic E-state index is -0.0107. The third-order valence-electron chi connectivity index (χ3n) is 4.21. The topological polar surface area (TPSA) is 0 Å². The van der Waals surface area contributed by atoms with E-state index in [9.17, 15) is 4.39 Å². The number of benzene rings is 1. The summed E-state index contributed by atoms with van der Waals surface area (Å²) < 4.78 is 13.6. The van der Waals surface area contributed by atoms with Gasteiger partial charge in [-0.05, 0) is 47.8 Å². The van der Waals surface area contributed by atoms with Gasteiger partial charge >= 0.3 is 0 Å². The second-order valence-corrected chi connectivity index (χ2v) is 4.93. The summed E-state index contributed by atoms with van der Waals surface area (Å²) in [5.41, 5.74) is 2.45. The number of hydrogen-bond acceptors (Lipinski definition) is 0. The van der Waals surface area contributed by atoms with E-state index in [0.29, 0.717) is 5.92 Å². The Kier molecular flexibility index (Phi) is 2.57. The molecule has 0 saturated heterocycles. The Morgan fingerprint density at radius 1 is 1.40 bits per heavy atom. The van der Waals surface area contributed by atoms with Crippen LogP contribution in [-0.4, -0.2) is 0 Å². The molecule has 0 heterocycles. The van der Waals surface area contributed by atoms with Crippen molar-refractivity contribution in [2.75, 3.05) is 0 Å². The number of rotatable bonds is 2. The van der Waals surface area contributed by atoms with Gasteiger partial charge in [0, 0.05) is 0 Å².